The van der Waals surface area contributed by atoms with Crippen LogP contribution in [0.2, 0.25) is 0 Å². The van der Waals surface area contributed by atoms with Crippen LogP contribution in [0.4, 0.5) is 0 Å². The minimum atomic E-state index is 0.133. The molecule has 0 amide bonds. The maximum absolute atomic E-state index is 6.40. The lowest BCUT2D eigenvalue weighted by Crippen LogP contribution is -2.30. The second kappa shape index (κ2) is 7.69. The van der Waals surface area contributed by atoms with Gasteiger partial charge in [-0.15, -0.1) is 0 Å². The van der Waals surface area contributed by atoms with E-state index in [4.69, 9.17) is 15.2 Å². The van der Waals surface area contributed by atoms with E-state index in [-0.39, 0.29) is 6.04 Å². The third kappa shape index (κ3) is 4.37. The lowest BCUT2D eigenvalue weighted by Gasteiger charge is -2.32. The molecule has 0 heterocycles. The molecule has 3 atom stereocenters. The monoisotopic (exact) mass is 291 g/mol. The van der Waals surface area contributed by atoms with Gasteiger partial charge in [-0.1, -0.05) is 19.4 Å². The molecule has 0 bridgehead atoms. The van der Waals surface area contributed by atoms with E-state index in [1.807, 2.05) is 19.1 Å². The molecule has 0 aliphatic heterocycles. The third-order valence-corrected chi connectivity index (χ3v) is 4.46. The van der Waals surface area contributed by atoms with E-state index in [0.29, 0.717) is 12.0 Å². The predicted octanol–water partition coefficient (Wildman–Crippen LogP) is 3.93. The predicted molar refractivity (Wildman–Crippen MR) is 87.0 cm³/mol. The maximum atomic E-state index is 6.40. The number of rotatable bonds is 6. The number of hydrogen-bond donors (Lipinski definition) is 1. The van der Waals surface area contributed by atoms with Gasteiger partial charge in [0.15, 0.2) is 0 Å². The van der Waals surface area contributed by atoms with Gasteiger partial charge in [0, 0.05) is 12.1 Å². The molecule has 2 N–H and O–H groups in total. The summed E-state index contributed by atoms with van der Waals surface area (Å²) in [4.78, 5) is 0. The Balaban J connectivity index is 2.19. The Morgan fingerprint density at radius 2 is 2.05 bits per heavy atom. The Labute approximate surface area is 128 Å². The second-order valence-electron chi connectivity index (χ2n) is 6.26. The van der Waals surface area contributed by atoms with Crippen molar-refractivity contribution in [3.05, 3.63) is 23.8 Å². The number of nitrogens with two attached hydrogens (primary N) is 1. The van der Waals surface area contributed by atoms with Crippen LogP contribution in [-0.2, 0) is 6.42 Å². The zero-order chi connectivity index (χ0) is 15.2. The molecule has 3 heteroatoms. The Kier molecular flexibility index (Phi) is 5.92. The van der Waals surface area contributed by atoms with Crippen molar-refractivity contribution in [2.24, 2.45) is 11.7 Å². The molecule has 2 rings (SSSR count). The summed E-state index contributed by atoms with van der Waals surface area (Å²) in [5.41, 5.74) is 7.15. The summed E-state index contributed by atoms with van der Waals surface area (Å²) in [6.45, 7) is 4.30. The zero-order valence-corrected chi connectivity index (χ0v) is 13.6. The molecule has 1 fully saturated rings. The van der Waals surface area contributed by atoms with Crippen molar-refractivity contribution in [3.63, 3.8) is 0 Å². The fourth-order valence-corrected chi connectivity index (χ4v) is 3.25. The first-order chi connectivity index (χ1) is 10.1. The summed E-state index contributed by atoms with van der Waals surface area (Å²) in [5.74, 6) is 2.48. The lowest BCUT2D eigenvalue weighted by molar-refractivity contribution is 0.0891. The van der Waals surface area contributed by atoms with Crippen LogP contribution in [0, 0.1) is 5.92 Å². The molecule has 0 saturated heterocycles. The van der Waals surface area contributed by atoms with Crippen molar-refractivity contribution in [1.29, 1.82) is 0 Å². The van der Waals surface area contributed by atoms with E-state index in [2.05, 4.69) is 13.0 Å². The van der Waals surface area contributed by atoms with E-state index in [1.54, 1.807) is 7.11 Å². The van der Waals surface area contributed by atoms with Gasteiger partial charge in [0.2, 0.25) is 0 Å². The van der Waals surface area contributed by atoms with E-state index >= 15 is 0 Å². The van der Waals surface area contributed by atoms with Gasteiger partial charge in [0.25, 0.3) is 0 Å². The molecular weight excluding hydrogens is 262 g/mol. The SMILES string of the molecule is CCC1CCCCC1Oc1cc(OC)ccc1CC(C)N. The highest BCUT2D eigenvalue weighted by atomic mass is 16.5. The summed E-state index contributed by atoms with van der Waals surface area (Å²) >= 11 is 0. The molecule has 0 spiro atoms. The van der Waals surface area contributed by atoms with Gasteiger partial charge in [0.05, 0.1) is 7.11 Å². The van der Waals surface area contributed by atoms with Gasteiger partial charge in [-0.25, -0.2) is 0 Å². The molecule has 1 aliphatic carbocycles. The number of benzene rings is 1. The molecule has 1 saturated carbocycles. The first-order valence-corrected chi connectivity index (χ1v) is 8.23. The van der Waals surface area contributed by atoms with Crippen molar-refractivity contribution in [1.82, 2.24) is 0 Å². The fraction of sp³-hybridized carbons (Fsp3) is 0.667. The molecule has 118 valence electrons. The summed E-state index contributed by atoms with van der Waals surface area (Å²) in [6.07, 6.45) is 7.42. The van der Waals surface area contributed by atoms with E-state index < -0.39 is 0 Å². The summed E-state index contributed by atoms with van der Waals surface area (Å²) in [7, 11) is 1.69. The summed E-state index contributed by atoms with van der Waals surface area (Å²) < 4.78 is 11.7. The average molecular weight is 291 g/mol. The van der Waals surface area contributed by atoms with Gasteiger partial charge in [0.1, 0.15) is 17.6 Å². The molecular formula is C18H29NO2. The molecule has 0 radical (unpaired) electrons. The first-order valence-electron chi connectivity index (χ1n) is 8.23. The minimum Gasteiger partial charge on any atom is -0.497 e. The van der Waals surface area contributed by atoms with Crippen LogP contribution >= 0.6 is 0 Å². The van der Waals surface area contributed by atoms with Crippen LogP contribution in [0.3, 0.4) is 0 Å². The van der Waals surface area contributed by atoms with E-state index in [9.17, 15) is 0 Å². The maximum Gasteiger partial charge on any atom is 0.126 e. The zero-order valence-electron chi connectivity index (χ0n) is 13.6. The van der Waals surface area contributed by atoms with Crippen LogP contribution in [0.1, 0.15) is 51.5 Å². The Hall–Kier alpha value is -1.22. The van der Waals surface area contributed by atoms with Crippen LogP contribution in [-0.4, -0.2) is 19.3 Å². The Morgan fingerprint density at radius 1 is 1.29 bits per heavy atom. The smallest absolute Gasteiger partial charge is 0.126 e. The van der Waals surface area contributed by atoms with Crippen LogP contribution in [0.5, 0.6) is 11.5 Å². The van der Waals surface area contributed by atoms with Gasteiger partial charge >= 0.3 is 0 Å². The van der Waals surface area contributed by atoms with Crippen molar-refractivity contribution >= 4 is 0 Å². The minimum absolute atomic E-state index is 0.133. The second-order valence-corrected chi connectivity index (χ2v) is 6.26. The highest BCUT2D eigenvalue weighted by Gasteiger charge is 2.26. The molecule has 1 aliphatic rings. The number of methoxy groups -OCH3 is 1. The highest BCUT2D eigenvalue weighted by molar-refractivity contribution is 5.41. The molecule has 1 aromatic carbocycles. The van der Waals surface area contributed by atoms with Crippen LogP contribution in [0.15, 0.2) is 18.2 Å². The Bertz CT molecular complexity index is 445. The van der Waals surface area contributed by atoms with Crippen molar-refractivity contribution in [2.45, 2.75) is 64.5 Å². The molecule has 0 aromatic heterocycles. The average Bonchev–Trinajstić information content (AvgIpc) is 2.49. The first kappa shape index (κ1) is 16.2. The van der Waals surface area contributed by atoms with Gasteiger partial charge in [-0.05, 0) is 56.6 Å². The largest absolute Gasteiger partial charge is 0.497 e. The van der Waals surface area contributed by atoms with Crippen LogP contribution in [0.25, 0.3) is 0 Å². The van der Waals surface area contributed by atoms with Crippen molar-refractivity contribution < 1.29 is 9.47 Å². The number of ether oxygens (including phenoxy) is 2. The summed E-state index contributed by atoms with van der Waals surface area (Å²) in [5, 5.41) is 0. The van der Waals surface area contributed by atoms with E-state index in [1.165, 1.54) is 31.2 Å². The van der Waals surface area contributed by atoms with Gasteiger partial charge < -0.3 is 15.2 Å². The quantitative estimate of drug-likeness (QED) is 0.863. The van der Waals surface area contributed by atoms with Gasteiger partial charge in [-0.3, -0.25) is 0 Å². The van der Waals surface area contributed by atoms with Crippen molar-refractivity contribution in [2.75, 3.05) is 7.11 Å². The van der Waals surface area contributed by atoms with E-state index in [0.717, 1.165) is 24.3 Å². The molecule has 21 heavy (non-hydrogen) atoms. The molecule has 3 nitrogen and oxygen atoms in total. The third-order valence-electron chi connectivity index (χ3n) is 4.46. The highest BCUT2D eigenvalue weighted by Crippen LogP contribution is 2.33. The Morgan fingerprint density at radius 3 is 2.71 bits per heavy atom. The standard InChI is InChI=1S/C18H29NO2/c1-4-14-7-5-6-8-17(14)21-18-12-16(20-3)10-9-15(18)11-13(2)19/h9-10,12-14,17H,4-8,11,19H2,1-3H3. The number of hydrogen-bond acceptors (Lipinski definition) is 3. The summed E-state index contributed by atoms with van der Waals surface area (Å²) in [6, 6.07) is 6.22. The normalized spacial score (nSPS) is 23.6. The van der Waals surface area contributed by atoms with Gasteiger partial charge in [-0.2, -0.15) is 0 Å². The molecule has 3 unspecified atom stereocenters. The fourth-order valence-electron chi connectivity index (χ4n) is 3.25. The van der Waals surface area contributed by atoms with Crippen molar-refractivity contribution in [3.8, 4) is 11.5 Å². The topological polar surface area (TPSA) is 44.5 Å². The van der Waals surface area contributed by atoms with Crippen LogP contribution < -0.4 is 15.2 Å². The molecule has 1 aromatic rings. The lowest BCUT2D eigenvalue weighted by atomic mass is 9.84.